The maximum absolute atomic E-state index is 12.4. The van der Waals surface area contributed by atoms with Gasteiger partial charge >= 0.3 is 6.18 Å². The van der Waals surface area contributed by atoms with Gasteiger partial charge in [0, 0.05) is 12.1 Å². The molecule has 0 bridgehead atoms. The van der Waals surface area contributed by atoms with Crippen molar-refractivity contribution < 1.29 is 18.0 Å². The molecule has 2 rings (SSSR count). The molecule has 106 valence electrons. The largest absolute Gasteiger partial charge is 0.416 e. The average Bonchev–Trinajstić information content (AvgIpc) is 2.91. The highest BCUT2D eigenvalue weighted by Gasteiger charge is 2.30. The lowest BCUT2D eigenvalue weighted by atomic mass is 10.1. The Morgan fingerprint density at radius 1 is 1.15 bits per heavy atom. The Balaban J connectivity index is 1.89. The van der Waals surface area contributed by atoms with Crippen LogP contribution in [0.1, 0.15) is 21.5 Å². The smallest absolute Gasteiger partial charge is 0.352 e. The molecule has 0 aliphatic heterocycles. The van der Waals surface area contributed by atoms with Crippen LogP contribution in [0, 0.1) is 0 Å². The number of hydrogen-bond acceptors (Lipinski definition) is 2. The van der Waals surface area contributed by atoms with Crippen LogP contribution in [0.15, 0.2) is 41.1 Å². The van der Waals surface area contributed by atoms with Crippen LogP contribution in [0.4, 0.5) is 13.2 Å². The van der Waals surface area contributed by atoms with Crippen molar-refractivity contribution in [1.82, 2.24) is 5.32 Å². The molecule has 0 unspecified atom stereocenters. The van der Waals surface area contributed by atoms with E-state index in [0.717, 1.165) is 17.7 Å². The minimum absolute atomic E-state index is 0.225. The summed E-state index contributed by atoms with van der Waals surface area (Å²) in [6.07, 6.45) is -3.68. The van der Waals surface area contributed by atoms with Crippen LogP contribution in [0.3, 0.4) is 0 Å². The number of amides is 1. The summed E-state index contributed by atoms with van der Waals surface area (Å²) in [6, 6.07) is 6.15. The predicted molar refractivity (Wildman–Crippen MR) is 71.8 cm³/mol. The Labute approximate surface area is 118 Å². The van der Waals surface area contributed by atoms with Gasteiger partial charge in [-0.3, -0.25) is 4.79 Å². The van der Waals surface area contributed by atoms with E-state index in [1.165, 1.54) is 12.1 Å². The van der Waals surface area contributed by atoms with Crippen LogP contribution >= 0.6 is 11.3 Å². The Kier molecular flexibility index (Phi) is 4.44. The van der Waals surface area contributed by atoms with Crippen molar-refractivity contribution in [3.8, 4) is 0 Å². The third-order valence-electron chi connectivity index (χ3n) is 2.75. The lowest BCUT2D eigenvalue weighted by molar-refractivity contribution is -0.137. The number of benzene rings is 1. The van der Waals surface area contributed by atoms with E-state index in [1.807, 2.05) is 16.8 Å². The SMILES string of the molecule is O=C(NCCc1ccsc1)c1ccc(C(F)(F)F)cc1. The summed E-state index contributed by atoms with van der Waals surface area (Å²) in [4.78, 5) is 11.7. The van der Waals surface area contributed by atoms with Gasteiger partial charge in [0.15, 0.2) is 0 Å². The molecule has 1 aromatic heterocycles. The zero-order valence-corrected chi connectivity index (χ0v) is 11.2. The second kappa shape index (κ2) is 6.09. The van der Waals surface area contributed by atoms with Crippen molar-refractivity contribution in [1.29, 1.82) is 0 Å². The maximum atomic E-state index is 12.4. The first-order valence-electron chi connectivity index (χ1n) is 5.93. The van der Waals surface area contributed by atoms with Crippen molar-refractivity contribution >= 4 is 17.2 Å². The van der Waals surface area contributed by atoms with Gasteiger partial charge in [0.2, 0.25) is 0 Å². The van der Waals surface area contributed by atoms with E-state index >= 15 is 0 Å². The van der Waals surface area contributed by atoms with E-state index < -0.39 is 11.7 Å². The molecule has 1 N–H and O–H groups in total. The number of carbonyl (C=O) groups excluding carboxylic acids is 1. The first kappa shape index (κ1) is 14.6. The van der Waals surface area contributed by atoms with Crippen LogP contribution < -0.4 is 5.32 Å². The van der Waals surface area contributed by atoms with E-state index in [0.29, 0.717) is 13.0 Å². The van der Waals surface area contributed by atoms with Crippen LogP contribution in [0.2, 0.25) is 0 Å². The third-order valence-corrected chi connectivity index (χ3v) is 3.49. The first-order valence-corrected chi connectivity index (χ1v) is 6.87. The number of hydrogen-bond donors (Lipinski definition) is 1. The van der Waals surface area contributed by atoms with Gasteiger partial charge in [0.1, 0.15) is 0 Å². The molecule has 0 radical (unpaired) electrons. The predicted octanol–water partition coefficient (Wildman–Crippen LogP) is 3.74. The average molecular weight is 299 g/mol. The summed E-state index contributed by atoms with van der Waals surface area (Å²) in [5.41, 5.74) is 0.596. The summed E-state index contributed by atoms with van der Waals surface area (Å²) in [7, 11) is 0. The van der Waals surface area contributed by atoms with Gasteiger partial charge in [-0.2, -0.15) is 24.5 Å². The minimum Gasteiger partial charge on any atom is -0.352 e. The molecule has 0 fully saturated rings. The van der Waals surface area contributed by atoms with Crippen molar-refractivity contribution in [3.05, 3.63) is 57.8 Å². The summed E-state index contributed by atoms with van der Waals surface area (Å²) in [6.45, 7) is 0.455. The molecule has 0 aliphatic rings. The van der Waals surface area contributed by atoms with Crippen LogP contribution in [-0.2, 0) is 12.6 Å². The van der Waals surface area contributed by atoms with Crippen LogP contribution in [-0.4, -0.2) is 12.5 Å². The zero-order valence-electron chi connectivity index (χ0n) is 10.4. The molecule has 0 aliphatic carbocycles. The van der Waals surface area contributed by atoms with Crippen molar-refractivity contribution in [2.45, 2.75) is 12.6 Å². The minimum atomic E-state index is -4.38. The fourth-order valence-electron chi connectivity index (χ4n) is 1.67. The normalized spacial score (nSPS) is 11.3. The lowest BCUT2D eigenvalue weighted by Gasteiger charge is -2.08. The van der Waals surface area contributed by atoms with E-state index in [-0.39, 0.29) is 11.5 Å². The van der Waals surface area contributed by atoms with E-state index in [4.69, 9.17) is 0 Å². The van der Waals surface area contributed by atoms with Gasteiger partial charge in [-0.05, 0) is 53.1 Å². The number of nitrogens with one attached hydrogen (secondary N) is 1. The third kappa shape index (κ3) is 3.84. The molecule has 1 amide bonds. The Morgan fingerprint density at radius 3 is 2.40 bits per heavy atom. The molecule has 2 nitrogen and oxygen atoms in total. The molecule has 2 aromatic rings. The quantitative estimate of drug-likeness (QED) is 0.915. The highest BCUT2D eigenvalue weighted by molar-refractivity contribution is 7.07. The second-order valence-electron chi connectivity index (χ2n) is 4.21. The van der Waals surface area contributed by atoms with E-state index in [9.17, 15) is 18.0 Å². The van der Waals surface area contributed by atoms with Crippen molar-refractivity contribution in [3.63, 3.8) is 0 Å². The molecular formula is C14H12F3NOS. The molecule has 1 aromatic carbocycles. The van der Waals surface area contributed by atoms with Gasteiger partial charge in [0.25, 0.3) is 5.91 Å². The Morgan fingerprint density at radius 2 is 1.85 bits per heavy atom. The zero-order chi connectivity index (χ0) is 14.6. The van der Waals surface area contributed by atoms with Gasteiger partial charge in [-0.1, -0.05) is 0 Å². The topological polar surface area (TPSA) is 29.1 Å². The molecule has 1 heterocycles. The fraction of sp³-hybridized carbons (Fsp3) is 0.214. The van der Waals surface area contributed by atoms with Crippen LogP contribution in [0.25, 0.3) is 0 Å². The van der Waals surface area contributed by atoms with Crippen LogP contribution in [0.5, 0.6) is 0 Å². The van der Waals surface area contributed by atoms with Gasteiger partial charge in [-0.25, -0.2) is 0 Å². The highest BCUT2D eigenvalue weighted by Crippen LogP contribution is 2.29. The Bertz CT molecular complexity index is 561. The lowest BCUT2D eigenvalue weighted by Crippen LogP contribution is -2.25. The summed E-state index contributed by atoms with van der Waals surface area (Å²) in [5, 5.41) is 6.62. The van der Waals surface area contributed by atoms with E-state index in [1.54, 1.807) is 11.3 Å². The van der Waals surface area contributed by atoms with E-state index in [2.05, 4.69) is 5.32 Å². The van der Waals surface area contributed by atoms with Crippen molar-refractivity contribution in [2.24, 2.45) is 0 Å². The summed E-state index contributed by atoms with van der Waals surface area (Å²) < 4.78 is 37.1. The molecule has 0 atom stereocenters. The number of carbonyl (C=O) groups is 1. The molecule has 0 saturated carbocycles. The number of halogens is 3. The molecule has 0 spiro atoms. The number of thiophene rings is 1. The highest BCUT2D eigenvalue weighted by atomic mass is 32.1. The van der Waals surface area contributed by atoms with Gasteiger partial charge < -0.3 is 5.32 Å². The first-order chi connectivity index (χ1) is 9.47. The summed E-state index contributed by atoms with van der Waals surface area (Å²) >= 11 is 1.58. The second-order valence-corrected chi connectivity index (χ2v) is 4.99. The molecule has 0 saturated heterocycles. The monoisotopic (exact) mass is 299 g/mol. The molecular weight excluding hydrogens is 287 g/mol. The standard InChI is InChI=1S/C14H12F3NOS/c15-14(16,17)12-3-1-11(2-4-12)13(19)18-7-5-10-6-8-20-9-10/h1-4,6,8-9H,5,7H2,(H,18,19). The van der Waals surface area contributed by atoms with Gasteiger partial charge in [0.05, 0.1) is 5.56 Å². The number of alkyl halides is 3. The van der Waals surface area contributed by atoms with Crippen molar-refractivity contribution in [2.75, 3.05) is 6.54 Å². The maximum Gasteiger partial charge on any atom is 0.416 e. The molecule has 20 heavy (non-hydrogen) atoms. The Hall–Kier alpha value is -1.82. The van der Waals surface area contributed by atoms with Gasteiger partial charge in [-0.15, -0.1) is 0 Å². The molecule has 6 heteroatoms. The fourth-order valence-corrected chi connectivity index (χ4v) is 2.37. The number of rotatable bonds is 4. The summed E-state index contributed by atoms with van der Waals surface area (Å²) in [5.74, 6) is -0.367.